The van der Waals surface area contributed by atoms with Crippen LogP contribution in [0.2, 0.25) is 0 Å². The molecule has 0 bridgehead atoms. The van der Waals surface area contributed by atoms with Crippen LogP contribution >= 0.6 is 11.3 Å². The Labute approximate surface area is 146 Å². The zero-order valence-electron chi connectivity index (χ0n) is 13.9. The number of benzene rings is 1. The Morgan fingerprint density at radius 2 is 2.04 bits per heavy atom. The van der Waals surface area contributed by atoms with Crippen molar-refractivity contribution in [2.24, 2.45) is 5.92 Å². The van der Waals surface area contributed by atoms with Crippen molar-refractivity contribution >= 4 is 17.4 Å². The van der Waals surface area contributed by atoms with Crippen molar-refractivity contribution in [3.05, 3.63) is 52.0 Å². The molecule has 5 heteroatoms. The molecule has 1 aromatic carbocycles. The molecule has 0 unspecified atom stereocenters. The molecule has 24 heavy (non-hydrogen) atoms. The lowest BCUT2D eigenvalue weighted by atomic mass is 10.2. The van der Waals surface area contributed by atoms with Crippen LogP contribution in [0, 0.1) is 12.8 Å². The maximum absolute atomic E-state index is 12.9. The average molecular weight is 341 g/mol. The Bertz CT molecular complexity index is 706. The number of amides is 2. The molecule has 2 amide bonds. The second-order valence-electron chi connectivity index (χ2n) is 6.92. The van der Waals surface area contributed by atoms with Crippen LogP contribution in [0.3, 0.4) is 0 Å². The summed E-state index contributed by atoms with van der Waals surface area (Å²) < 4.78 is 0. The van der Waals surface area contributed by atoms with Gasteiger partial charge in [0, 0.05) is 23.7 Å². The molecular formula is C19H23N3OS. The molecule has 1 aromatic heterocycles. The molecule has 2 aromatic rings. The van der Waals surface area contributed by atoms with Crippen LogP contribution in [-0.4, -0.2) is 22.0 Å². The molecule has 0 radical (unpaired) electrons. The molecule has 2 saturated carbocycles. The van der Waals surface area contributed by atoms with Gasteiger partial charge < -0.3 is 10.2 Å². The maximum atomic E-state index is 12.9. The van der Waals surface area contributed by atoms with E-state index in [1.54, 1.807) is 11.3 Å². The summed E-state index contributed by atoms with van der Waals surface area (Å²) in [7, 11) is 0. The summed E-state index contributed by atoms with van der Waals surface area (Å²) in [5.74, 6) is 0.553. The van der Waals surface area contributed by atoms with Crippen molar-refractivity contribution in [2.75, 3.05) is 0 Å². The zero-order valence-corrected chi connectivity index (χ0v) is 14.8. The van der Waals surface area contributed by atoms with E-state index >= 15 is 0 Å². The number of hydrogen-bond acceptors (Lipinski definition) is 3. The Balaban J connectivity index is 1.47. The van der Waals surface area contributed by atoms with Gasteiger partial charge in [-0.15, -0.1) is 11.3 Å². The van der Waals surface area contributed by atoms with Crippen molar-refractivity contribution in [3.8, 4) is 0 Å². The highest BCUT2D eigenvalue weighted by atomic mass is 32.1. The molecule has 126 valence electrons. The van der Waals surface area contributed by atoms with Crippen LogP contribution in [0.15, 0.2) is 36.5 Å². The third-order valence-electron chi connectivity index (χ3n) is 4.72. The van der Waals surface area contributed by atoms with Crippen LogP contribution in [-0.2, 0) is 6.54 Å². The van der Waals surface area contributed by atoms with Crippen molar-refractivity contribution in [2.45, 2.75) is 51.2 Å². The summed E-state index contributed by atoms with van der Waals surface area (Å²) in [6.07, 6.45) is 6.51. The van der Waals surface area contributed by atoms with E-state index in [1.165, 1.54) is 23.3 Å². The van der Waals surface area contributed by atoms with Gasteiger partial charge in [0.1, 0.15) is 5.01 Å². The van der Waals surface area contributed by atoms with Crippen LogP contribution in [0.25, 0.3) is 0 Å². The van der Waals surface area contributed by atoms with Gasteiger partial charge in [-0.2, -0.15) is 0 Å². The number of aromatic nitrogens is 1. The summed E-state index contributed by atoms with van der Waals surface area (Å²) in [6.45, 7) is 2.75. The molecule has 2 aliphatic carbocycles. The number of thiazole rings is 1. The van der Waals surface area contributed by atoms with Gasteiger partial charge in [0.2, 0.25) is 0 Å². The van der Waals surface area contributed by atoms with Crippen LogP contribution in [0.5, 0.6) is 0 Å². The quantitative estimate of drug-likeness (QED) is 0.852. The van der Waals surface area contributed by atoms with Gasteiger partial charge in [-0.25, -0.2) is 9.78 Å². The van der Waals surface area contributed by atoms with E-state index in [1.807, 2.05) is 29.3 Å². The van der Waals surface area contributed by atoms with E-state index in [4.69, 9.17) is 0 Å². The standard InChI is InChI=1S/C19H23N3OS/c1-13-11-20-18(24-13)17(15-7-8-15)21-19(23)22(16-9-10-16)12-14-5-3-2-4-6-14/h2-6,11,15-17H,7-10,12H2,1H3,(H,21,23)/t17-/m1/s1. The predicted octanol–water partition coefficient (Wildman–Crippen LogP) is 4.28. The molecule has 1 heterocycles. The van der Waals surface area contributed by atoms with Crippen molar-refractivity contribution < 1.29 is 4.79 Å². The van der Waals surface area contributed by atoms with Gasteiger partial charge in [-0.1, -0.05) is 30.3 Å². The predicted molar refractivity (Wildman–Crippen MR) is 95.9 cm³/mol. The molecule has 4 rings (SSSR count). The van der Waals surface area contributed by atoms with E-state index in [2.05, 4.69) is 29.4 Å². The summed E-state index contributed by atoms with van der Waals surface area (Å²) in [6, 6.07) is 10.8. The molecule has 0 saturated heterocycles. The average Bonchev–Trinajstić information content (AvgIpc) is 3.50. The fourth-order valence-corrected chi connectivity index (χ4v) is 3.99. The number of hydrogen-bond donors (Lipinski definition) is 1. The lowest BCUT2D eigenvalue weighted by Crippen LogP contribution is -2.43. The number of carbonyl (C=O) groups is 1. The molecule has 1 N–H and O–H groups in total. The number of rotatable bonds is 6. The Morgan fingerprint density at radius 3 is 2.62 bits per heavy atom. The Morgan fingerprint density at radius 1 is 1.29 bits per heavy atom. The monoisotopic (exact) mass is 341 g/mol. The summed E-state index contributed by atoms with van der Waals surface area (Å²) in [5, 5.41) is 4.34. The summed E-state index contributed by atoms with van der Waals surface area (Å²) in [4.78, 5) is 20.7. The number of aryl methyl sites for hydroxylation is 1. The molecule has 4 nitrogen and oxygen atoms in total. The third kappa shape index (κ3) is 3.61. The summed E-state index contributed by atoms with van der Waals surface area (Å²) in [5.41, 5.74) is 1.19. The minimum Gasteiger partial charge on any atom is -0.328 e. The molecule has 0 aliphatic heterocycles. The Hall–Kier alpha value is -1.88. The molecule has 2 aliphatic rings. The van der Waals surface area contributed by atoms with Gasteiger partial charge in [0.15, 0.2) is 0 Å². The summed E-state index contributed by atoms with van der Waals surface area (Å²) >= 11 is 1.70. The lowest BCUT2D eigenvalue weighted by Gasteiger charge is -2.26. The van der Waals surface area contributed by atoms with Gasteiger partial charge in [-0.3, -0.25) is 0 Å². The van der Waals surface area contributed by atoms with Gasteiger partial charge in [0.25, 0.3) is 0 Å². The highest BCUT2D eigenvalue weighted by Gasteiger charge is 2.38. The van der Waals surface area contributed by atoms with Gasteiger partial charge in [-0.05, 0) is 44.1 Å². The van der Waals surface area contributed by atoms with E-state index in [0.29, 0.717) is 18.5 Å². The second kappa shape index (κ2) is 6.55. The lowest BCUT2D eigenvalue weighted by molar-refractivity contribution is 0.186. The largest absolute Gasteiger partial charge is 0.328 e. The first kappa shape index (κ1) is 15.6. The smallest absolute Gasteiger partial charge is 0.318 e. The van der Waals surface area contributed by atoms with Crippen LogP contribution in [0.1, 0.15) is 47.2 Å². The normalized spacial score (nSPS) is 18.2. The number of carbonyl (C=O) groups excluding carboxylic acids is 1. The maximum Gasteiger partial charge on any atom is 0.318 e. The van der Waals surface area contributed by atoms with Gasteiger partial charge >= 0.3 is 6.03 Å². The molecule has 2 fully saturated rings. The topological polar surface area (TPSA) is 45.2 Å². The third-order valence-corrected chi connectivity index (χ3v) is 5.72. The zero-order chi connectivity index (χ0) is 16.5. The number of nitrogens with one attached hydrogen (secondary N) is 1. The number of urea groups is 1. The molecule has 0 spiro atoms. The van der Waals surface area contributed by atoms with Crippen molar-refractivity contribution in [1.29, 1.82) is 0 Å². The SMILES string of the molecule is Cc1cnc([C@H](NC(=O)N(Cc2ccccc2)C2CC2)C2CC2)s1. The Kier molecular flexibility index (Phi) is 4.27. The van der Waals surface area contributed by atoms with Crippen molar-refractivity contribution in [3.63, 3.8) is 0 Å². The second-order valence-corrected chi connectivity index (χ2v) is 8.18. The fourth-order valence-electron chi connectivity index (χ4n) is 3.08. The first-order valence-corrected chi connectivity index (χ1v) is 9.56. The molecular weight excluding hydrogens is 318 g/mol. The van der Waals surface area contributed by atoms with E-state index in [0.717, 1.165) is 17.8 Å². The highest BCUT2D eigenvalue weighted by Crippen LogP contribution is 2.42. The minimum atomic E-state index is 0.0612. The highest BCUT2D eigenvalue weighted by molar-refractivity contribution is 7.11. The molecule has 1 atom stereocenters. The number of nitrogens with zero attached hydrogens (tertiary/aromatic N) is 2. The first-order chi connectivity index (χ1) is 11.7. The minimum absolute atomic E-state index is 0.0612. The van der Waals surface area contributed by atoms with Crippen LogP contribution < -0.4 is 5.32 Å². The van der Waals surface area contributed by atoms with Crippen molar-refractivity contribution in [1.82, 2.24) is 15.2 Å². The van der Waals surface area contributed by atoms with E-state index in [9.17, 15) is 4.79 Å². The fraction of sp³-hybridized carbons (Fsp3) is 0.474. The first-order valence-electron chi connectivity index (χ1n) is 8.74. The van der Waals surface area contributed by atoms with Crippen LogP contribution in [0.4, 0.5) is 4.79 Å². The van der Waals surface area contributed by atoms with Gasteiger partial charge in [0.05, 0.1) is 6.04 Å². The van der Waals surface area contributed by atoms with E-state index < -0.39 is 0 Å². The van der Waals surface area contributed by atoms with E-state index in [-0.39, 0.29) is 12.1 Å².